The molecule has 2 heterocycles. The molecule has 2 amide bonds. The van der Waals surface area contributed by atoms with Gasteiger partial charge in [-0.15, -0.1) is 0 Å². The van der Waals surface area contributed by atoms with Gasteiger partial charge >= 0.3 is 0 Å². The van der Waals surface area contributed by atoms with Crippen molar-refractivity contribution in [2.45, 2.75) is 38.4 Å². The quantitative estimate of drug-likeness (QED) is 0.774. The SMILES string of the molecule is CC(C)N1C(=O)c2ccccc2N2C(=O)CC[C@@]21C(=O)[O-]. The van der Waals surface area contributed by atoms with Gasteiger partial charge in [-0.3, -0.25) is 14.5 Å². The highest BCUT2D eigenvalue weighted by Gasteiger charge is 2.57. The lowest BCUT2D eigenvalue weighted by Gasteiger charge is -2.52. The van der Waals surface area contributed by atoms with Gasteiger partial charge in [0.15, 0.2) is 5.66 Å². The first kappa shape index (κ1) is 13.6. The highest BCUT2D eigenvalue weighted by Crippen LogP contribution is 2.44. The van der Waals surface area contributed by atoms with Crippen LogP contribution in [0.15, 0.2) is 24.3 Å². The van der Waals surface area contributed by atoms with Crippen LogP contribution in [0.3, 0.4) is 0 Å². The molecule has 1 aromatic rings. The van der Waals surface area contributed by atoms with Gasteiger partial charge in [-0.05, 0) is 26.0 Å². The van der Waals surface area contributed by atoms with Gasteiger partial charge in [-0.25, -0.2) is 0 Å². The van der Waals surface area contributed by atoms with Crippen molar-refractivity contribution in [1.82, 2.24) is 4.90 Å². The van der Waals surface area contributed by atoms with Crippen LogP contribution in [0.4, 0.5) is 5.69 Å². The van der Waals surface area contributed by atoms with Gasteiger partial charge in [0.05, 0.1) is 17.2 Å². The van der Waals surface area contributed by atoms with E-state index < -0.39 is 11.6 Å². The summed E-state index contributed by atoms with van der Waals surface area (Å²) in [6.45, 7) is 3.47. The summed E-state index contributed by atoms with van der Waals surface area (Å²) < 4.78 is 0. The van der Waals surface area contributed by atoms with Crippen LogP contribution >= 0.6 is 0 Å². The number of carbonyl (C=O) groups is 3. The van der Waals surface area contributed by atoms with Crippen LogP contribution in [-0.2, 0) is 9.59 Å². The zero-order chi connectivity index (χ0) is 15.4. The van der Waals surface area contributed by atoms with Gasteiger partial charge in [0, 0.05) is 18.9 Å². The molecule has 0 bridgehead atoms. The Balaban J connectivity index is 2.33. The van der Waals surface area contributed by atoms with E-state index in [2.05, 4.69) is 0 Å². The second kappa shape index (κ2) is 4.31. The first-order valence-corrected chi connectivity index (χ1v) is 6.88. The molecule has 110 valence electrons. The summed E-state index contributed by atoms with van der Waals surface area (Å²) in [5, 5.41) is 11.9. The zero-order valence-electron chi connectivity index (χ0n) is 11.8. The fraction of sp³-hybridized carbons (Fsp3) is 0.400. The minimum absolute atomic E-state index is 0.0480. The van der Waals surface area contributed by atoms with Gasteiger partial charge in [-0.1, -0.05) is 12.1 Å². The van der Waals surface area contributed by atoms with Crippen LogP contribution in [0.5, 0.6) is 0 Å². The van der Waals surface area contributed by atoms with E-state index in [1.54, 1.807) is 38.1 Å². The lowest BCUT2D eigenvalue weighted by atomic mass is 9.95. The smallest absolute Gasteiger partial charge is 0.258 e. The molecule has 3 rings (SSSR count). The average molecular weight is 287 g/mol. The first-order valence-electron chi connectivity index (χ1n) is 6.88. The van der Waals surface area contributed by atoms with E-state index in [9.17, 15) is 19.5 Å². The number of amides is 2. The minimum atomic E-state index is -1.71. The fourth-order valence-corrected chi connectivity index (χ4v) is 3.37. The number of carboxylic acid groups (broad SMARTS) is 1. The summed E-state index contributed by atoms with van der Waals surface area (Å²) in [5.74, 6) is -2.09. The summed E-state index contributed by atoms with van der Waals surface area (Å²) in [6, 6.07) is 6.23. The Morgan fingerprint density at radius 2 is 1.95 bits per heavy atom. The number of nitrogens with zero attached hydrogens (tertiary/aromatic N) is 2. The van der Waals surface area contributed by atoms with Crippen molar-refractivity contribution in [2.75, 3.05) is 4.90 Å². The third kappa shape index (κ3) is 1.55. The highest BCUT2D eigenvalue weighted by molar-refractivity contribution is 6.15. The second-order valence-electron chi connectivity index (χ2n) is 5.62. The topological polar surface area (TPSA) is 80.8 Å². The zero-order valence-corrected chi connectivity index (χ0v) is 11.8. The number of carboxylic acids is 1. The molecular weight excluding hydrogens is 272 g/mol. The molecule has 6 nitrogen and oxygen atoms in total. The molecule has 1 saturated heterocycles. The minimum Gasteiger partial charge on any atom is -0.545 e. The Kier molecular flexibility index (Phi) is 2.79. The number of benzene rings is 1. The van der Waals surface area contributed by atoms with Crippen molar-refractivity contribution in [2.24, 2.45) is 0 Å². The van der Waals surface area contributed by atoms with Gasteiger partial charge in [0.2, 0.25) is 5.91 Å². The molecule has 21 heavy (non-hydrogen) atoms. The Labute approximate surface area is 122 Å². The van der Waals surface area contributed by atoms with E-state index in [-0.39, 0.29) is 30.7 Å². The van der Waals surface area contributed by atoms with E-state index >= 15 is 0 Å². The van der Waals surface area contributed by atoms with Crippen LogP contribution in [0.1, 0.15) is 37.0 Å². The van der Waals surface area contributed by atoms with Gasteiger partial charge < -0.3 is 14.8 Å². The lowest BCUT2D eigenvalue weighted by molar-refractivity contribution is -0.318. The molecular formula is C15H15N2O4-. The number of hydrogen-bond acceptors (Lipinski definition) is 4. The first-order chi connectivity index (χ1) is 9.91. The molecule has 0 spiro atoms. The molecule has 6 heteroatoms. The molecule has 1 atom stereocenters. The summed E-state index contributed by atoms with van der Waals surface area (Å²) in [7, 11) is 0. The van der Waals surface area contributed by atoms with Gasteiger partial charge in [0.1, 0.15) is 0 Å². The molecule has 0 N–H and O–H groups in total. The summed E-state index contributed by atoms with van der Waals surface area (Å²) in [5.41, 5.74) is -1.01. The van der Waals surface area contributed by atoms with E-state index in [4.69, 9.17) is 0 Å². The molecule has 0 radical (unpaired) electrons. The van der Waals surface area contributed by atoms with Crippen molar-refractivity contribution in [3.8, 4) is 0 Å². The van der Waals surface area contributed by atoms with Crippen LogP contribution in [0.2, 0.25) is 0 Å². The molecule has 1 aromatic carbocycles. The lowest BCUT2D eigenvalue weighted by Crippen LogP contribution is -2.72. The average Bonchev–Trinajstić information content (AvgIpc) is 2.78. The number of fused-ring (bicyclic) bond motifs is 3. The Bertz CT molecular complexity index is 655. The molecule has 0 unspecified atom stereocenters. The second-order valence-corrected chi connectivity index (χ2v) is 5.62. The van der Waals surface area contributed by atoms with E-state index in [0.717, 1.165) is 0 Å². The Morgan fingerprint density at radius 3 is 2.57 bits per heavy atom. The summed E-state index contributed by atoms with van der Waals surface area (Å²) in [6.07, 6.45) is 0.130. The number of hydrogen-bond donors (Lipinski definition) is 0. The van der Waals surface area contributed by atoms with Crippen molar-refractivity contribution >= 4 is 23.5 Å². The number of para-hydroxylation sites is 1. The number of rotatable bonds is 2. The van der Waals surface area contributed by atoms with Crippen LogP contribution in [-0.4, -0.2) is 34.4 Å². The predicted molar refractivity (Wildman–Crippen MR) is 72.2 cm³/mol. The monoisotopic (exact) mass is 287 g/mol. The van der Waals surface area contributed by atoms with Gasteiger partial charge in [-0.2, -0.15) is 0 Å². The molecule has 2 aliphatic rings. The highest BCUT2D eigenvalue weighted by atomic mass is 16.4. The summed E-state index contributed by atoms with van der Waals surface area (Å²) in [4.78, 5) is 39.3. The standard InChI is InChI=1S/C15H16N2O4/c1-9(2)16-13(19)10-5-3-4-6-11(10)17-12(18)7-8-15(16,17)14(20)21/h3-6,9H,7-8H2,1-2H3,(H,20,21)/p-1/t15-/m0/s1. The maximum absolute atomic E-state index is 12.7. The normalized spacial score (nSPS) is 24.3. The van der Waals surface area contributed by atoms with Crippen molar-refractivity contribution < 1.29 is 19.5 Å². The molecule has 0 aromatic heterocycles. The van der Waals surface area contributed by atoms with Crippen LogP contribution in [0.25, 0.3) is 0 Å². The summed E-state index contributed by atoms with van der Waals surface area (Å²) >= 11 is 0. The van der Waals surface area contributed by atoms with Crippen molar-refractivity contribution in [3.05, 3.63) is 29.8 Å². The molecule has 2 aliphatic heterocycles. The third-order valence-electron chi connectivity index (χ3n) is 4.14. The Morgan fingerprint density at radius 1 is 1.29 bits per heavy atom. The van der Waals surface area contributed by atoms with Crippen molar-refractivity contribution in [3.63, 3.8) is 0 Å². The fourth-order valence-electron chi connectivity index (χ4n) is 3.37. The van der Waals surface area contributed by atoms with E-state index in [1.807, 2.05) is 0 Å². The Hall–Kier alpha value is -2.37. The number of anilines is 1. The van der Waals surface area contributed by atoms with Crippen LogP contribution < -0.4 is 10.0 Å². The van der Waals surface area contributed by atoms with Crippen LogP contribution in [0, 0.1) is 0 Å². The maximum Gasteiger partial charge on any atom is 0.258 e. The third-order valence-corrected chi connectivity index (χ3v) is 4.14. The molecule has 0 saturated carbocycles. The molecule has 0 aliphatic carbocycles. The van der Waals surface area contributed by atoms with E-state index in [0.29, 0.717) is 11.3 Å². The predicted octanol–water partition coefficient (Wildman–Crippen LogP) is 0.124. The van der Waals surface area contributed by atoms with Crippen molar-refractivity contribution in [1.29, 1.82) is 0 Å². The number of carbonyl (C=O) groups excluding carboxylic acids is 3. The van der Waals surface area contributed by atoms with E-state index in [1.165, 1.54) is 9.80 Å². The van der Waals surface area contributed by atoms with Gasteiger partial charge in [0.25, 0.3) is 5.91 Å². The molecule has 1 fully saturated rings. The largest absolute Gasteiger partial charge is 0.545 e. The maximum atomic E-state index is 12.7. The number of aliphatic carboxylic acids is 1.